The van der Waals surface area contributed by atoms with Crippen LogP contribution in [0.15, 0.2) is 71.7 Å². The van der Waals surface area contributed by atoms with Crippen LogP contribution in [0.25, 0.3) is 0 Å². The van der Waals surface area contributed by atoms with Gasteiger partial charge in [0.25, 0.3) is 0 Å². The molecule has 0 aliphatic rings. The molecule has 126 valence electrons. The van der Waals surface area contributed by atoms with Crippen molar-refractivity contribution in [2.45, 2.75) is 13.5 Å². The van der Waals surface area contributed by atoms with Crippen molar-refractivity contribution in [3.05, 3.63) is 94.3 Å². The zero-order valence-corrected chi connectivity index (χ0v) is 14.5. The Morgan fingerprint density at radius 2 is 1.84 bits per heavy atom. The van der Waals surface area contributed by atoms with Crippen LogP contribution in [0.5, 0.6) is 5.75 Å². The first-order valence-corrected chi connectivity index (χ1v) is 8.26. The number of rotatable bonds is 5. The van der Waals surface area contributed by atoms with Crippen molar-refractivity contribution in [3.63, 3.8) is 0 Å². The maximum atomic E-state index is 13.2. The summed E-state index contributed by atoms with van der Waals surface area (Å²) in [6.07, 6.45) is 1.77. The quantitative estimate of drug-likeness (QED) is 0.506. The summed E-state index contributed by atoms with van der Waals surface area (Å²) in [4.78, 5) is 4.49. The first-order chi connectivity index (χ1) is 12.1. The van der Waals surface area contributed by atoms with E-state index in [9.17, 15) is 4.39 Å². The fourth-order valence-corrected chi connectivity index (χ4v) is 2.53. The predicted molar refractivity (Wildman–Crippen MR) is 101 cm³/mol. The molecule has 3 rings (SSSR count). The zero-order chi connectivity index (χ0) is 17.6. The smallest absolute Gasteiger partial charge is 0.123 e. The average molecular weight is 354 g/mol. The fraction of sp³-hybridized carbons (Fsp3) is 0.0952. The van der Waals surface area contributed by atoms with E-state index in [1.165, 1.54) is 12.1 Å². The first-order valence-electron chi connectivity index (χ1n) is 7.88. The highest BCUT2D eigenvalue weighted by molar-refractivity contribution is 6.31. The minimum Gasteiger partial charge on any atom is -0.489 e. The van der Waals surface area contributed by atoms with Gasteiger partial charge < -0.3 is 4.74 Å². The lowest BCUT2D eigenvalue weighted by Gasteiger charge is -2.07. The summed E-state index contributed by atoms with van der Waals surface area (Å²) in [7, 11) is 0. The zero-order valence-electron chi connectivity index (χ0n) is 13.7. The van der Waals surface area contributed by atoms with Crippen LogP contribution >= 0.6 is 11.6 Å². The van der Waals surface area contributed by atoms with E-state index in [1.807, 2.05) is 55.5 Å². The third-order valence-electron chi connectivity index (χ3n) is 3.74. The van der Waals surface area contributed by atoms with Gasteiger partial charge in [0.1, 0.15) is 18.2 Å². The summed E-state index contributed by atoms with van der Waals surface area (Å²) in [5, 5.41) is 0.696. The highest BCUT2D eigenvalue weighted by Gasteiger charge is 2.01. The Bertz CT molecular complexity index is 908. The standard InChI is InChI=1S/C21H17ClFNO/c1-15-20(22)9-4-10-21(15)24-13-16-5-3-8-19(12-16)25-14-17-6-2-7-18(23)11-17/h2-13H,14H2,1H3. The molecule has 0 unspecified atom stereocenters. The Morgan fingerprint density at radius 1 is 1.04 bits per heavy atom. The third kappa shape index (κ3) is 4.68. The van der Waals surface area contributed by atoms with Crippen LogP contribution in [0, 0.1) is 12.7 Å². The van der Waals surface area contributed by atoms with Crippen molar-refractivity contribution in [2.24, 2.45) is 4.99 Å². The second kappa shape index (κ2) is 7.95. The topological polar surface area (TPSA) is 21.6 Å². The highest BCUT2D eigenvalue weighted by atomic mass is 35.5. The van der Waals surface area contributed by atoms with Gasteiger partial charge >= 0.3 is 0 Å². The number of benzene rings is 3. The molecule has 0 amide bonds. The molecule has 2 nitrogen and oxygen atoms in total. The van der Waals surface area contributed by atoms with Crippen LogP contribution in [-0.2, 0) is 6.61 Å². The van der Waals surface area contributed by atoms with E-state index in [0.29, 0.717) is 17.4 Å². The first kappa shape index (κ1) is 17.2. The minimum atomic E-state index is -0.265. The summed E-state index contributed by atoms with van der Waals surface area (Å²) >= 11 is 6.11. The van der Waals surface area contributed by atoms with Gasteiger partial charge in [0, 0.05) is 11.2 Å². The van der Waals surface area contributed by atoms with Gasteiger partial charge in [-0.1, -0.05) is 41.9 Å². The summed E-state index contributed by atoms with van der Waals surface area (Å²) in [6, 6.07) is 19.6. The average Bonchev–Trinajstić information content (AvgIpc) is 2.62. The van der Waals surface area contributed by atoms with E-state index in [1.54, 1.807) is 12.3 Å². The molecule has 0 aromatic heterocycles. The molecule has 0 atom stereocenters. The molecular formula is C21H17ClFNO. The van der Waals surface area contributed by atoms with Gasteiger partial charge in [-0.05, 0) is 60.0 Å². The van der Waals surface area contributed by atoms with Crippen molar-refractivity contribution in [1.82, 2.24) is 0 Å². The van der Waals surface area contributed by atoms with Crippen LogP contribution < -0.4 is 4.74 Å². The van der Waals surface area contributed by atoms with Gasteiger partial charge in [-0.15, -0.1) is 0 Å². The molecule has 4 heteroatoms. The van der Waals surface area contributed by atoms with Gasteiger partial charge in [0.05, 0.1) is 5.69 Å². The molecule has 3 aromatic rings. The fourth-order valence-electron chi connectivity index (χ4n) is 2.36. The van der Waals surface area contributed by atoms with Gasteiger partial charge in [-0.3, -0.25) is 4.99 Å². The largest absolute Gasteiger partial charge is 0.489 e. The Labute approximate surface area is 151 Å². The molecule has 0 saturated carbocycles. The monoisotopic (exact) mass is 353 g/mol. The van der Waals surface area contributed by atoms with Crippen molar-refractivity contribution in [1.29, 1.82) is 0 Å². The molecule has 0 heterocycles. The number of hydrogen-bond acceptors (Lipinski definition) is 2. The van der Waals surface area contributed by atoms with E-state index >= 15 is 0 Å². The molecule has 0 fully saturated rings. The van der Waals surface area contributed by atoms with E-state index < -0.39 is 0 Å². The van der Waals surface area contributed by atoms with E-state index in [4.69, 9.17) is 16.3 Å². The molecule has 0 spiro atoms. The molecule has 0 aliphatic heterocycles. The summed E-state index contributed by atoms with van der Waals surface area (Å²) < 4.78 is 18.9. The van der Waals surface area contributed by atoms with Crippen molar-refractivity contribution in [2.75, 3.05) is 0 Å². The molecular weight excluding hydrogens is 337 g/mol. The summed E-state index contributed by atoms with van der Waals surface area (Å²) in [5.74, 6) is 0.440. The summed E-state index contributed by atoms with van der Waals surface area (Å²) in [5.41, 5.74) is 3.47. The van der Waals surface area contributed by atoms with Crippen LogP contribution in [0.4, 0.5) is 10.1 Å². The second-order valence-corrected chi connectivity index (χ2v) is 6.04. The Hall–Kier alpha value is -2.65. The molecule has 0 saturated heterocycles. The number of halogens is 2. The molecule has 0 aliphatic carbocycles. The van der Waals surface area contributed by atoms with E-state index in [-0.39, 0.29) is 5.82 Å². The third-order valence-corrected chi connectivity index (χ3v) is 4.15. The van der Waals surface area contributed by atoms with Gasteiger partial charge in [0.2, 0.25) is 0 Å². The Kier molecular flexibility index (Phi) is 5.46. The van der Waals surface area contributed by atoms with Crippen LogP contribution in [-0.4, -0.2) is 6.21 Å². The van der Waals surface area contributed by atoms with Crippen molar-refractivity contribution >= 4 is 23.5 Å². The maximum Gasteiger partial charge on any atom is 0.123 e. The predicted octanol–water partition coefficient (Wildman–Crippen LogP) is 6.12. The van der Waals surface area contributed by atoms with Crippen LogP contribution in [0.2, 0.25) is 5.02 Å². The normalized spacial score (nSPS) is 11.0. The van der Waals surface area contributed by atoms with E-state index in [0.717, 1.165) is 22.4 Å². The van der Waals surface area contributed by atoms with Crippen molar-refractivity contribution < 1.29 is 9.13 Å². The Balaban J connectivity index is 1.71. The summed E-state index contributed by atoms with van der Waals surface area (Å²) in [6.45, 7) is 2.25. The van der Waals surface area contributed by atoms with Crippen LogP contribution in [0.1, 0.15) is 16.7 Å². The second-order valence-electron chi connectivity index (χ2n) is 5.63. The molecule has 0 radical (unpaired) electrons. The lowest BCUT2D eigenvalue weighted by atomic mass is 10.2. The lowest BCUT2D eigenvalue weighted by Crippen LogP contribution is -1.96. The SMILES string of the molecule is Cc1c(Cl)cccc1N=Cc1cccc(OCc2cccc(F)c2)c1. The molecule has 25 heavy (non-hydrogen) atoms. The lowest BCUT2D eigenvalue weighted by molar-refractivity contribution is 0.305. The molecule has 0 bridgehead atoms. The van der Waals surface area contributed by atoms with Crippen LogP contribution in [0.3, 0.4) is 0 Å². The highest BCUT2D eigenvalue weighted by Crippen LogP contribution is 2.25. The number of hydrogen-bond donors (Lipinski definition) is 0. The maximum absolute atomic E-state index is 13.2. The van der Waals surface area contributed by atoms with Gasteiger partial charge in [-0.2, -0.15) is 0 Å². The van der Waals surface area contributed by atoms with Gasteiger partial charge in [-0.25, -0.2) is 4.39 Å². The Morgan fingerprint density at radius 3 is 2.68 bits per heavy atom. The van der Waals surface area contributed by atoms with Crippen molar-refractivity contribution in [3.8, 4) is 5.75 Å². The van der Waals surface area contributed by atoms with Gasteiger partial charge in [0.15, 0.2) is 0 Å². The number of aliphatic imine (C=N–C) groups is 1. The number of nitrogens with zero attached hydrogens (tertiary/aromatic N) is 1. The molecule has 0 N–H and O–H groups in total. The van der Waals surface area contributed by atoms with E-state index in [2.05, 4.69) is 4.99 Å². The minimum absolute atomic E-state index is 0.265. The molecule has 3 aromatic carbocycles. The number of ether oxygens (including phenoxy) is 1.